The summed E-state index contributed by atoms with van der Waals surface area (Å²) in [4.78, 5) is 27.2. The Morgan fingerprint density at radius 2 is 2.18 bits per heavy atom. The van der Waals surface area contributed by atoms with Crippen LogP contribution >= 0.6 is 0 Å². The zero-order valence-corrected chi connectivity index (χ0v) is 9.72. The van der Waals surface area contributed by atoms with Gasteiger partial charge < -0.3 is 9.52 Å². The molecular formula is C11H12N2O4. The molecule has 0 aromatic carbocycles. The van der Waals surface area contributed by atoms with Crippen LogP contribution in [0.25, 0.3) is 11.1 Å². The molecule has 0 unspecified atom stereocenters. The Kier molecular flexibility index (Phi) is 2.49. The summed E-state index contributed by atoms with van der Waals surface area (Å²) in [5.41, 5.74) is -0.423. The van der Waals surface area contributed by atoms with Gasteiger partial charge in [0, 0.05) is 6.04 Å². The molecule has 6 heteroatoms. The van der Waals surface area contributed by atoms with Crippen LogP contribution in [0, 0.1) is 6.92 Å². The van der Waals surface area contributed by atoms with E-state index in [1.165, 1.54) is 17.8 Å². The van der Waals surface area contributed by atoms with E-state index >= 15 is 0 Å². The van der Waals surface area contributed by atoms with E-state index < -0.39 is 5.97 Å². The van der Waals surface area contributed by atoms with Gasteiger partial charge >= 0.3 is 5.97 Å². The number of carboxylic acids is 1. The molecule has 90 valence electrons. The second-order valence-electron chi connectivity index (χ2n) is 4.07. The average molecular weight is 236 g/mol. The van der Waals surface area contributed by atoms with Gasteiger partial charge in [0.25, 0.3) is 5.56 Å². The molecule has 0 bridgehead atoms. The topological polar surface area (TPSA) is 85.3 Å². The number of hydrogen-bond acceptors (Lipinski definition) is 4. The Morgan fingerprint density at radius 3 is 2.71 bits per heavy atom. The number of rotatable bonds is 2. The van der Waals surface area contributed by atoms with E-state index in [-0.39, 0.29) is 34.0 Å². The minimum atomic E-state index is -1.18. The lowest BCUT2D eigenvalue weighted by molar-refractivity contribution is 0.0697. The van der Waals surface area contributed by atoms with Crippen LogP contribution in [-0.2, 0) is 0 Å². The van der Waals surface area contributed by atoms with Gasteiger partial charge in [0.15, 0.2) is 0 Å². The highest BCUT2D eigenvalue weighted by Gasteiger charge is 2.22. The number of furan rings is 1. The number of carboxylic acid groups (broad SMARTS) is 1. The minimum absolute atomic E-state index is 0.0335. The summed E-state index contributed by atoms with van der Waals surface area (Å²) >= 11 is 0. The molecule has 1 N–H and O–H groups in total. The maximum Gasteiger partial charge on any atom is 0.340 e. The van der Waals surface area contributed by atoms with Gasteiger partial charge in [0.2, 0.25) is 5.71 Å². The lowest BCUT2D eigenvalue weighted by Gasteiger charge is -2.07. The highest BCUT2D eigenvalue weighted by atomic mass is 16.4. The van der Waals surface area contributed by atoms with Gasteiger partial charge in [-0.15, -0.1) is 0 Å². The van der Waals surface area contributed by atoms with Crippen molar-refractivity contribution in [3.05, 3.63) is 28.0 Å². The predicted molar refractivity (Wildman–Crippen MR) is 60.4 cm³/mol. The standard InChI is InChI=1S/C11H12N2O4/c1-5(2)13-4-12-9-8(10(13)14)7(11(15)16)6(3)17-9/h4-5H,1-3H3,(H,15,16). The molecule has 2 rings (SSSR count). The third kappa shape index (κ3) is 1.61. The molecule has 0 saturated carbocycles. The van der Waals surface area contributed by atoms with Crippen molar-refractivity contribution in [3.63, 3.8) is 0 Å². The van der Waals surface area contributed by atoms with Crippen LogP contribution in [0.4, 0.5) is 0 Å². The van der Waals surface area contributed by atoms with Crippen LogP contribution in [0.5, 0.6) is 0 Å². The highest BCUT2D eigenvalue weighted by Crippen LogP contribution is 2.21. The first kappa shape index (κ1) is 11.4. The maximum atomic E-state index is 12.1. The van der Waals surface area contributed by atoms with Gasteiger partial charge in [0.1, 0.15) is 23.0 Å². The SMILES string of the molecule is Cc1oc2ncn(C(C)C)c(=O)c2c1C(=O)O. The average Bonchev–Trinajstić information content (AvgIpc) is 2.55. The van der Waals surface area contributed by atoms with Crippen molar-refractivity contribution in [2.75, 3.05) is 0 Å². The quantitative estimate of drug-likeness (QED) is 0.855. The fourth-order valence-electron chi connectivity index (χ4n) is 1.74. The molecule has 0 radical (unpaired) electrons. The number of aryl methyl sites for hydroxylation is 1. The zero-order valence-electron chi connectivity index (χ0n) is 9.72. The predicted octanol–water partition coefficient (Wildman–Crippen LogP) is 1.58. The first-order valence-electron chi connectivity index (χ1n) is 5.17. The fourth-order valence-corrected chi connectivity index (χ4v) is 1.74. The number of carbonyl (C=O) groups is 1. The van der Waals surface area contributed by atoms with Crippen LogP contribution in [-0.4, -0.2) is 20.6 Å². The molecule has 0 aliphatic carbocycles. The van der Waals surface area contributed by atoms with E-state index in [1.54, 1.807) is 0 Å². The normalized spacial score (nSPS) is 11.3. The summed E-state index contributed by atoms with van der Waals surface area (Å²) in [5, 5.41) is 9.10. The number of aromatic nitrogens is 2. The van der Waals surface area contributed by atoms with Crippen molar-refractivity contribution in [1.29, 1.82) is 0 Å². The lowest BCUT2D eigenvalue weighted by Crippen LogP contribution is -2.23. The number of aromatic carboxylic acids is 1. The summed E-state index contributed by atoms with van der Waals surface area (Å²) in [7, 11) is 0. The van der Waals surface area contributed by atoms with Crippen LogP contribution < -0.4 is 5.56 Å². The van der Waals surface area contributed by atoms with Crippen LogP contribution in [0.2, 0.25) is 0 Å². The summed E-state index contributed by atoms with van der Waals surface area (Å²) in [6.45, 7) is 5.15. The second-order valence-corrected chi connectivity index (χ2v) is 4.07. The van der Waals surface area contributed by atoms with Crippen LogP contribution in [0.15, 0.2) is 15.5 Å². The van der Waals surface area contributed by atoms with E-state index in [0.717, 1.165) is 0 Å². The molecule has 0 aliphatic heterocycles. The minimum Gasteiger partial charge on any atom is -0.478 e. The van der Waals surface area contributed by atoms with E-state index in [0.29, 0.717) is 0 Å². The molecule has 0 spiro atoms. The van der Waals surface area contributed by atoms with E-state index in [2.05, 4.69) is 4.98 Å². The monoisotopic (exact) mass is 236 g/mol. The molecule has 2 aromatic heterocycles. The Labute approximate surface area is 96.5 Å². The second kappa shape index (κ2) is 3.73. The van der Waals surface area contributed by atoms with Crippen LogP contribution in [0.1, 0.15) is 36.0 Å². The highest BCUT2D eigenvalue weighted by molar-refractivity contribution is 6.02. The molecule has 0 aliphatic rings. The van der Waals surface area contributed by atoms with Gasteiger partial charge in [0.05, 0.1) is 0 Å². The van der Waals surface area contributed by atoms with E-state index in [1.807, 2.05) is 13.8 Å². The summed E-state index contributed by atoms with van der Waals surface area (Å²) in [6, 6.07) is -0.0868. The molecule has 0 fully saturated rings. The van der Waals surface area contributed by atoms with Gasteiger partial charge in [-0.2, -0.15) is 0 Å². The Bertz CT molecular complexity index is 651. The van der Waals surface area contributed by atoms with Gasteiger partial charge in [-0.1, -0.05) is 0 Å². The summed E-state index contributed by atoms with van der Waals surface area (Å²) in [5.74, 6) is -0.986. The van der Waals surface area contributed by atoms with Crippen molar-refractivity contribution in [3.8, 4) is 0 Å². The third-order valence-corrected chi connectivity index (χ3v) is 2.58. The van der Waals surface area contributed by atoms with Crippen molar-refractivity contribution in [1.82, 2.24) is 9.55 Å². The zero-order chi connectivity index (χ0) is 12.7. The number of nitrogens with zero attached hydrogens (tertiary/aromatic N) is 2. The molecule has 0 saturated heterocycles. The fraction of sp³-hybridized carbons (Fsp3) is 0.364. The lowest BCUT2D eigenvalue weighted by atomic mass is 10.2. The first-order chi connectivity index (χ1) is 7.93. The summed E-state index contributed by atoms with van der Waals surface area (Å²) < 4.78 is 6.55. The van der Waals surface area contributed by atoms with Crippen molar-refractivity contribution >= 4 is 17.1 Å². The Hall–Kier alpha value is -2.11. The Morgan fingerprint density at radius 1 is 1.53 bits per heavy atom. The van der Waals surface area contributed by atoms with Crippen molar-refractivity contribution < 1.29 is 14.3 Å². The first-order valence-corrected chi connectivity index (χ1v) is 5.17. The van der Waals surface area contributed by atoms with Gasteiger partial charge in [-0.05, 0) is 20.8 Å². The maximum absolute atomic E-state index is 12.1. The molecular weight excluding hydrogens is 224 g/mol. The largest absolute Gasteiger partial charge is 0.478 e. The number of fused-ring (bicyclic) bond motifs is 1. The molecule has 6 nitrogen and oxygen atoms in total. The smallest absolute Gasteiger partial charge is 0.340 e. The third-order valence-electron chi connectivity index (χ3n) is 2.58. The molecule has 2 heterocycles. The van der Waals surface area contributed by atoms with Crippen molar-refractivity contribution in [2.24, 2.45) is 0 Å². The summed E-state index contributed by atoms with van der Waals surface area (Å²) in [6.07, 6.45) is 1.36. The van der Waals surface area contributed by atoms with Gasteiger partial charge in [-0.3, -0.25) is 9.36 Å². The molecule has 17 heavy (non-hydrogen) atoms. The van der Waals surface area contributed by atoms with Crippen LogP contribution in [0.3, 0.4) is 0 Å². The van der Waals surface area contributed by atoms with Crippen molar-refractivity contribution in [2.45, 2.75) is 26.8 Å². The van der Waals surface area contributed by atoms with Gasteiger partial charge in [-0.25, -0.2) is 9.78 Å². The van der Waals surface area contributed by atoms with E-state index in [4.69, 9.17) is 9.52 Å². The van der Waals surface area contributed by atoms with E-state index in [9.17, 15) is 9.59 Å². The molecule has 2 aromatic rings. The number of hydrogen-bond donors (Lipinski definition) is 1. The molecule has 0 amide bonds. The Balaban J connectivity index is 2.93. The molecule has 0 atom stereocenters.